The van der Waals surface area contributed by atoms with Crippen molar-refractivity contribution in [2.45, 2.75) is 19.8 Å². The predicted molar refractivity (Wildman–Crippen MR) is 73.5 cm³/mol. The molecule has 0 fully saturated rings. The van der Waals surface area contributed by atoms with E-state index in [2.05, 4.69) is 11.9 Å². The Bertz CT molecular complexity index is 546. The van der Waals surface area contributed by atoms with E-state index < -0.39 is 0 Å². The summed E-state index contributed by atoms with van der Waals surface area (Å²) < 4.78 is 10.7. The molecule has 4 heteroatoms. The third-order valence-corrected chi connectivity index (χ3v) is 3.24. The molecule has 3 N–H and O–H groups in total. The lowest BCUT2D eigenvalue weighted by molar-refractivity contribution is 0.398. The summed E-state index contributed by atoms with van der Waals surface area (Å²) in [6, 6.07) is 3.92. The molecule has 0 unspecified atom stereocenters. The number of methoxy groups -OCH3 is 2. The predicted octanol–water partition coefficient (Wildman–Crippen LogP) is 2.38. The van der Waals surface area contributed by atoms with Crippen LogP contribution in [0.15, 0.2) is 12.1 Å². The van der Waals surface area contributed by atoms with Crippen molar-refractivity contribution in [2.24, 2.45) is 5.73 Å². The van der Waals surface area contributed by atoms with E-state index in [9.17, 15) is 0 Å². The second-order valence-corrected chi connectivity index (χ2v) is 4.37. The minimum absolute atomic E-state index is 0.699. The summed E-state index contributed by atoms with van der Waals surface area (Å²) in [7, 11) is 3.34. The molecular formula is C14H20N2O2. The molecule has 0 saturated heterocycles. The number of rotatable bonds is 5. The van der Waals surface area contributed by atoms with Crippen LogP contribution >= 0.6 is 0 Å². The maximum Gasteiger partial charge on any atom is 0.132 e. The number of ether oxygens (including phenoxy) is 2. The van der Waals surface area contributed by atoms with Crippen molar-refractivity contribution in [3.8, 4) is 11.5 Å². The Hall–Kier alpha value is -1.68. The van der Waals surface area contributed by atoms with Gasteiger partial charge in [-0.1, -0.05) is 0 Å². The summed E-state index contributed by atoms with van der Waals surface area (Å²) in [6.45, 7) is 2.78. The number of aromatic amines is 1. The van der Waals surface area contributed by atoms with Gasteiger partial charge in [0.05, 0.1) is 19.7 Å². The fourth-order valence-electron chi connectivity index (χ4n) is 2.34. The molecule has 0 atom stereocenters. The van der Waals surface area contributed by atoms with Gasteiger partial charge in [0.15, 0.2) is 0 Å². The molecular weight excluding hydrogens is 228 g/mol. The number of aromatic nitrogens is 1. The lowest BCUT2D eigenvalue weighted by atomic mass is 10.0. The number of H-pyrrole nitrogens is 1. The van der Waals surface area contributed by atoms with Crippen LogP contribution in [0.2, 0.25) is 0 Å². The smallest absolute Gasteiger partial charge is 0.132 e. The van der Waals surface area contributed by atoms with E-state index in [0.29, 0.717) is 6.54 Å². The zero-order valence-corrected chi connectivity index (χ0v) is 11.2. The van der Waals surface area contributed by atoms with Gasteiger partial charge in [0.2, 0.25) is 0 Å². The second kappa shape index (κ2) is 5.31. The molecule has 1 aromatic carbocycles. The van der Waals surface area contributed by atoms with Gasteiger partial charge in [0.1, 0.15) is 11.5 Å². The number of fused-ring (bicyclic) bond motifs is 1. The van der Waals surface area contributed by atoms with E-state index >= 15 is 0 Å². The van der Waals surface area contributed by atoms with E-state index in [1.165, 1.54) is 11.3 Å². The number of aryl methyl sites for hydroxylation is 2. The molecule has 0 spiro atoms. The first-order valence-electron chi connectivity index (χ1n) is 6.14. The van der Waals surface area contributed by atoms with Gasteiger partial charge in [-0.3, -0.25) is 0 Å². The first kappa shape index (κ1) is 12.8. The van der Waals surface area contributed by atoms with E-state index in [1.54, 1.807) is 14.2 Å². The summed E-state index contributed by atoms with van der Waals surface area (Å²) in [6.07, 6.45) is 1.94. The van der Waals surface area contributed by atoms with Gasteiger partial charge in [0.25, 0.3) is 0 Å². The quantitative estimate of drug-likeness (QED) is 0.854. The van der Waals surface area contributed by atoms with Crippen LogP contribution < -0.4 is 15.2 Å². The average Bonchev–Trinajstić information content (AvgIpc) is 2.70. The Morgan fingerprint density at radius 1 is 1.22 bits per heavy atom. The molecule has 2 aromatic rings. The SMILES string of the molecule is COc1cc(OC)c2c(CCCN)c(C)[nH]c2c1. The monoisotopic (exact) mass is 248 g/mol. The molecule has 0 saturated carbocycles. The molecule has 1 aromatic heterocycles. The Balaban J connectivity index is 2.60. The lowest BCUT2D eigenvalue weighted by Gasteiger charge is -2.08. The van der Waals surface area contributed by atoms with E-state index in [-0.39, 0.29) is 0 Å². The van der Waals surface area contributed by atoms with Crippen LogP contribution in [0.4, 0.5) is 0 Å². The number of hydrogen-bond donors (Lipinski definition) is 2. The molecule has 1 heterocycles. The summed E-state index contributed by atoms with van der Waals surface area (Å²) in [5.74, 6) is 1.65. The average molecular weight is 248 g/mol. The van der Waals surface area contributed by atoms with Crippen LogP contribution in [-0.2, 0) is 6.42 Å². The Morgan fingerprint density at radius 2 is 2.00 bits per heavy atom. The van der Waals surface area contributed by atoms with Gasteiger partial charge in [0, 0.05) is 23.2 Å². The lowest BCUT2D eigenvalue weighted by Crippen LogP contribution is -2.01. The summed E-state index contributed by atoms with van der Waals surface area (Å²) in [4.78, 5) is 3.38. The third-order valence-electron chi connectivity index (χ3n) is 3.24. The molecule has 0 bridgehead atoms. The minimum atomic E-state index is 0.699. The number of nitrogens with one attached hydrogen (secondary N) is 1. The van der Waals surface area contributed by atoms with Crippen molar-refractivity contribution in [3.05, 3.63) is 23.4 Å². The fraction of sp³-hybridized carbons (Fsp3) is 0.429. The summed E-state index contributed by atoms with van der Waals surface area (Å²) in [5, 5.41) is 1.14. The van der Waals surface area contributed by atoms with Gasteiger partial charge < -0.3 is 20.2 Å². The molecule has 18 heavy (non-hydrogen) atoms. The van der Waals surface area contributed by atoms with Crippen LogP contribution in [-0.4, -0.2) is 25.7 Å². The largest absolute Gasteiger partial charge is 0.497 e. The molecule has 0 aliphatic carbocycles. The van der Waals surface area contributed by atoms with Gasteiger partial charge in [-0.05, 0) is 31.9 Å². The number of benzene rings is 1. The second-order valence-electron chi connectivity index (χ2n) is 4.37. The van der Waals surface area contributed by atoms with Gasteiger partial charge in [-0.25, -0.2) is 0 Å². The zero-order chi connectivity index (χ0) is 13.1. The van der Waals surface area contributed by atoms with Crippen LogP contribution in [0, 0.1) is 6.92 Å². The highest BCUT2D eigenvalue weighted by molar-refractivity contribution is 5.91. The van der Waals surface area contributed by atoms with Crippen molar-refractivity contribution in [3.63, 3.8) is 0 Å². The molecule has 0 radical (unpaired) electrons. The van der Waals surface area contributed by atoms with Crippen LogP contribution in [0.5, 0.6) is 11.5 Å². The van der Waals surface area contributed by atoms with E-state index in [0.717, 1.165) is 35.2 Å². The molecule has 0 amide bonds. The molecule has 0 aliphatic rings. The van der Waals surface area contributed by atoms with E-state index in [1.807, 2.05) is 12.1 Å². The van der Waals surface area contributed by atoms with Crippen molar-refractivity contribution in [1.82, 2.24) is 4.98 Å². The minimum Gasteiger partial charge on any atom is -0.497 e. The summed E-state index contributed by atoms with van der Waals surface area (Å²) in [5.41, 5.74) is 9.10. The standard InChI is InChI=1S/C14H20N2O2/c1-9-11(5-4-6-15)14-12(16-9)7-10(17-2)8-13(14)18-3/h7-8,16H,4-6,15H2,1-3H3. The fourth-order valence-corrected chi connectivity index (χ4v) is 2.34. The Morgan fingerprint density at radius 3 is 2.61 bits per heavy atom. The van der Waals surface area contributed by atoms with E-state index in [4.69, 9.17) is 15.2 Å². The topological polar surface area (TPSA) is 60.3 Å². The Labute approximate surface area is 107 Å². The summed E-state index contributed by atoms with van der Waals surface area (Å²) >= 11 is 0. The normalized spacial score (nSPS) is 10.9. The zero-order valence-electron chi connectivity index (χ0n) is 11.2. The van der Waals surface area contributed by atoms with Crippen LogP contribution in [0.25, 0.3) is 10.9 Å². The highest BCUT2D eigenvalue weighted by Crippen LogP contribution is 2.35. The van der Waals surface area contributed by atoms with Crippen molar-refractivity contribution < 1.29 is 9.47 Å². The Kier molecular flexibility index (Phi) is 3.77. The highest BCUT2D eigenvalue weighted by Gasteiger charge is 2.14. The molecule has 4 nitrogen and oxygen atoms in total. The van der Waals surface area contributed by atoms with Crippen molar-refractivity contribution >= 4 is 10.9 Å². The molecule has 98 valence electrons. The maximum atomic E-state index is 5.59. The molecule has 0 aliphatic heterocycles. The maximum absolute atomic E-state index is 5.59. The van der Waals surface area contributed by atoms with Gasteiger partial charge in [-0.15, -0.1) is 0 Å². The highest BCUT2D eigenvalue weighted by atomic mass is 16.5. The van der Waals surface area contributed by atoms with Crippen LogP contribution in [0.1, 0.15) is 17.7 Å². The number of hydrogen-bond acceptors (Lipinski definition) is 3. The third kappa shape index (κ3) is 2.16. The number of nitrogens with two attached hydrogens (primary N) is 1. The molecule has 2 rings (SSSR count). The van der Waals surface area contributed by atoms with Gasteiger partial charge in [-0.2, -0.15) is 0 Å². The van der Waals surface area contributed by atoms with Crippen LogP contribution in [0.3, 0.4) is 0 Å². The van der Waals surface area contributed by atoms with Crippen molar-refractivity contribution in [1.29, 1.82) is 0 Å². The first-order chi connectivity index (χ1) is 8.71. The van der Waals surface area contributed by atoms with Crippen molar-refractivity contribution in [2.75, 3.05) is 20.8 Å². The first-order valence-corrected chi connectivity index (χ1v) is 6.14. The van der Waals surface area contributed by atoms with Gasteiger partial charge >= 0.3 is 0 Å².